The summed E-state index contributed by atoms with van der Waals surface area (Å²) in [5.74, 6) is 1.65. The van der Waals surface area contributed by atoms with E-state index in [1.807, 2.05) is 54.6 Å². The molecule has 6 heteroatoms. The quantitative estimate of drug-likeness (QED) is 0.313. The summed E-state index contributed by atoms with van der Waals surface area (Å²) in [5, 5.41) is 11.6. The standard InChI is InChI=1S/C24H16FN3OS/c25-18-12-10-17(11-13-18)23-19-8-4-5-9-20(19)24(28-27-23)30-15-22-26-14-21(29-22)16-6-2-1-3-7-16/h1-14H,15H2. The zero-order valence-corrected chi connectivity index (χ0v) is 16.6. The first kappa shape index (κ1) is 18.5. The molecule has 0 saturated heterocycles. The zero-order chi connectivity index (χ0) is 20.3. The van der Waals surface area contributed by atoms with Crippen LogP contribution in [0.1, 0.15) is 5.89 Å². The van der Waals surface area contributed by atoms with Crippen LogP contribution < -0.4 is 0 Å². The van der Waals surface area contributed by atoms with Crippen LogP contribution in [0.5, 0.6) is 0 Å². The molecule has 0 radical (unpaired) electrons. The summed E-state index contributed by atoms with van der Waals surface area (Å²) in [6, 6.07) is 24.1. The van der Waals surface area contributed by atoms with Crippen LogP contribution in [0.2, 0.25) is 0 Å². The lowest BCUT2D eigenvalue weighted by Gasteiger charge is -2.08. The van der Waals surface area contributed by atoms with Crippen molar-refractivity contribution >= 4 is 22.5 Å². The Morgan fingerprint density at radius 3 is 2.30 bits per heavy atom. The van der Waals surface area contributed by atoms with Crippen molar-refractivity contribution in [2.45, 2.75) is 10.8 Å². The van der Waals surface area contributed by atoms with Crippen molar-refractivity contribution in [2.75, 3.05) is 0 Å². The van der Waals surface area contributed by atoms with Crippen molar-refractivity contribution in [1.29, 1.82) is 0 Å². The summed E-state index contributed by atoms with van der Waals surface area (Å²) in [4.78, 5) is 4.39. The Hall–Kier alpha value is -3.51. The molecule has 4 nitrogen and oxygen atoms in total. The predicted molar refractivity (Wildman–Crippen MR) is 116 cm³/mol. The number of fused-ring (bicyclic) bond motifs is 1. The van der Waals surface area contributed by atoms with Gasteiger partial charge in [-0.05, 0) is 24.3 Å². The van der Waals surface area contributed by atoms with E-state index in [0.29, 0.717) is 11.6 Å². The molecule has 0 saturated carbocycles. The van der Waals surface area contributed by atoms with Gasteiger partial charge in [0.15, 0.2) is 5.76 Å². The average molecular weight is 413 g/mol. The van der Waals surface area contributed by atoms with E-state index < -0.39 is 0 Å². The number of oxazole rings is 1. The minimum Gasteiger partial charge on any atom is -0.440 e. The lowest BCUT2D eigenvalue weighted by molar-refractivity contribution is 0.530. The molecule has 30 heavy (non-hydrogen) atoms. The number of thioether (sulfide) groups is 1. The van der Waals surface area contributed by atoms with E-state index in [-0.39, 0.29) is 5.82 Å². The highest BCUT2D eigenvalue weighted by Crippen LogP contribution is 2.33. The molecule has 0 aliphatic carbocycles. The van der Waals surface area contributed by atoms with Crippen LogP contribution >= 0.6 is 11.8 Å². The summed E-state index contributed by atoms with van der Waals surface area (Å²) in [5.41, 5.74) is 2.56. The molecule has 0 aliphatic rings. The molecule has 0 unspecified atom stereocenters. The summed E-state index contributed by atoms with van der Waals surface area (Å²) in [6.45, 7) is 0. The third-order valence-corrected chi connectivity index (χ3v) is 5.68. The number of benzene rings is 3. The van der Waals surface area contributed by atoms with Crippen molar-refractivity contribution in [3.8, 4) is 22.6 Å². The lowest BCUT2D eigenvalue weighted by atomic mass is 10.1. The molecule has 5 aromatic rings. The fourth-order valence-electron chi connectivity index (χ4n) is 3.25. The van der Waals surface area contributed by atoms with Gasteiger partial charge >= 0.3 is 0 Å². The third kappa shape index (κ3) is 3.69. The van der Waals surface area contributed by atoms with Gasteiger partial charge in [0.2, 0.25) is 5.89 Å². The van der Waals surface area contributed by atoms with Crippen LogP contribution in [0.15, 0.2) is 94.5 Å². The Balaban J connectivity index is 1.42. The molecule has 2 aromatic heterocycles. The largest absolute Gasteiger partial charge is 0.440 e. The van der Waals surface area contributed by atoms with Crippen LogP contribution in [-0.4, -0.2) is 15.2 Å². The molecule has 0 spiro atoms. The Labute approximate surface area is 176 Å². The number of halogens is 1. The maximum absolute atomic E-state index is 13.3. The molecule has 0 fully saturated rings. The number of hydrogen-bond donors (Lipinski definition) is 0. The Bertz CT molecular complexity index is 1300. The monoisotopic (exact) mass is 413 g/mol. The van der Waals surface area contributed by atoms with Gasteiger partial charge in [0.25, 0.3) is 0 Å². The fraction of sp³-hybridized carbons (Fsp3) is 0.0417. The molecule has 0 atom stereocenters. The van der Waals surface area contributed by atoms with Crippen molar-refractivity contribution in [3.05, 3.63) is 96.8 Å². The molecule has 2 heterocycles. The number of rotatable bonds is 5. The van der Waals surface area contributed by atoms with Gasteiger partial charge < -0.3 is 4.42 Å². The van der Waals surface area contributed by atoms with E-state index in [2.05, 4.69) is 15.2 Å². The molecule has 3 aromatic carbocycles. The smallest absolute Gasteiger partial charge is 0.205 e. The van der Waals surface area contributed by atoms with Gasteiger partial charge in [-0.25, -0.2) is 9.37 Å². The first-order valence-electron chi connectivity index (χ1n) is 9.42. The first-order chi connectivity index (χ1) is 14.8. The van der Waals surface area contributed by atoms with E-state index in [4.69, 9.17) is 4.42 Å². The van der Waals surface area contributed by atoms with Crippen LogP contribution in [-0.2, 0) is 5.75 Å². The highest BCUT2D eigenvalue weighted by Gasteiger charge is 2.13. The second-order valence-corrected chi connectivity index (χ2v) is 7.64. The number of aromatic nitrogens is 3. The van der Waals surface area contributed by atoms with Gasteiger partial charge in [-0.1, -0.05) is 66.4 Å². The normalized spacial score (nSPS) is 11.1. The summed E-state index contributed by atoms with van der Waals surface area (Å²) in [7, 11) is 0. The van der Waals surface area contributed by atoms with E-state index in [1.54, 1.807) is 18.3 Å². The minimum atomic E-state index is -0.274. The van der Waals surface area contributed by atoms with Crippen LogP contribution in [0, 0.1) is 5.82 Å². The van der Waals surface area contributed by atoms with E-state index in [1.165, 1.54) is 23.9 Å². The molecule has 5 rings (SSSR count). The SMILES string of the molecule is Fc1ccc(-c2nnc(SCc3ncc(-c4ccccc4)o3)c3ccccc23)cc1. The molecule has 0 bridgehead atoms. The predicted octanol–water partition coefficient (Wildman–Crippen LogP) is 6.38. The second-order valence-electron chi connectivity index (χ2n) is 6.68. The summed E-state index contributed by atoms with van der Waals surface area (Å²) >= 11 is 1.53. The Morgan fingerprint density at radius 1 is 0.767 bits per heavy atom. The van der Waals surface area contributed by atoms with Crippen LogP contribution in [0.25, 0.3) is 33.4 Å². The molecule has 0 amide bonds. The summed E-state index contributed by atoms with van der Waals surface area (Å²) in [6.07, 6.45) is 1.74. The van der Waals surface area contributed by atoms with Gasteiger partial charge in [0.05, 0.1) is 11.9 Å². The van der Waals surface area contributed by atoms with Crippen LogP contribution in [0.4, 0.5) is 4.39 Å². The molecule has 0 aliphatic heterocycles. The molecular weight excluding hydrogens is 397 g/mol. The van der Waals surface area contributed by atoms with E-state index >= 15 is 0 Å². The van der Waals surface area contributed by atoms with Gasteiger partial charge in [-0.2, -0.15) is 0 Å². The minimum absolute atomic E-state index is 0.274. The highest BCUT2D eigenvalue weighted by molar-refractivity contribution is 7.98. The highest BCUT2D eigenvalue weighted by atomic mass is 32.2. The number of hydrogen-bond acceptors (Lipinski definition) is 5. The molecule has 146 valence electrons. The number of nitrogens with zero attached hydrogens (tertiary/aromatic N) is 3. The molecule has 0 N–H and O–H groups in total. The maximum atomic E-state index is 13.3. The van der Waals surface area contributed by atoms with Gasteiger partial charge in [-0.3, -0.25) is 0 Å². The van der Waals surface area contributed by atoms with E-state index in [0.717, 1.165) is 38.4 Å². The fourth-order valence-corrected chi connectivity index (χ4v) is 4.08. The maximum Gasteiger partial charge on any atom is 0.205 e. The average Bonchev–Trinajstić information content (AvgIpc) is 3.28. The van der Waals surface area contributed by atoms with Crippen molar-refractivity contribution in [2.24, 2.45) is 0 Å². The third-order valence-electron chi connectivity index (χ3n) is 4.72. The van der Waals surface area contributed by atoms with Crippen molar-refractivity contribution < 1.29 is 8.81 Å². The summed E-state index contributed by atoms with van der Waals surface area (Å²) < 4.78 is 19.2. The van der Waals surface area contributed by atoms with Crippen LogP contribution in [0.3, 0.4) is 0 Å². The van der Waals surface area contributed by atoms with E-state index in [9.17, 15) is 4.39 Å². The zero-order valence-electron chi connectivity index (χ0n) is 15.8. The van der Waals surface area contributed by atoms with Crippen molar-refractivity contribution in [1.82, 2.24) is 15.2 Å². The van der Waals surface area contributed by atoms with Crippen molar-refractivity contribution in [3.63, 3.8) is 0 Å². The first-order valence-corrected chi connectivity index (χ1v) is 10.4. The Morgan fingerprint density at radius 2 is 1.50 bits per heavy atom. The molecular formula is C24H16FN3OS. The van der Waals surface area contributed by atoms with Gasteiger partial charge in [0.1, 0.15) is 16.5 Å². The van der Waals surface area contributed by atoms with Gasteiger partial charge in [-0.15, -0.1) is 10.2 Å². The lowest BCUT2D eigenvalue weighted by Crippen LogP contribution is -1.94. The Kier molecular flexibility index (Phi) is 4.99. The van der Waals surface area contributed by atoms with Gasteiger partial charge in [0, 0.05) is 21.9 Å². The second kappa shape index (κ2) is 8.08. The topological polar surface area (TPSA) is 51.8 Å².